The van der Waals surface area contributed by atoms with Gasteiger partial charge in [0.05, 0.1) is 29.0 Å². The molecule has 12 nitrogen and oxygen atoms in total. The minimum atomic E-state index is -1.01. The molecule has 1 aromatic heterocycles. The van der Waals surface area contributed by atoms with Crippen LogP contribution in [-0.2, 0) is 20.9 Å². The van der Waals surface area contributed by atoms with E-state index in [0.29, 0.717) is 25.3 Å². The van der Waals surface area contributed by atoms with Crippen LogP contribution in [0.25, 0.3) is 0 Å². The van der Waals surface area contributed by atoms with Gasteiger partial charge >= 0.3 is 0 Å². The zero-order chi connectivity index (χ0) is 27.9. The van der Waals surface area contributed by atoms with Gasteiger partial charge in [-0.1, -0.05) is 6.07 Å². The predicted molar refractivity (Wildman–Crippen MR) is 139 cm³/mol. The van der Waals surface area contributed by atoms with E-state index in [2.05, 4.69) is 15.7 Å². The zero-order valence-electron chi connectivity index (χ0n) is 22.3. The molecule has 0 bridgehead atoms. The van der Waals surface area contributed by atoms with Crippen molar-refractivity contribution in [1.29, 1.82) is 0 Å². The van der Waals surface area contributed by atoms with Gasteiger partial charge in [0.15, 0.2) is 0 Å². The molecule has 0 spiro atoms. The van der Waals surface area contributed by atoms with Gasteiger partial charge in [0.25, 0.3) is 11.8 Å². The lowest BCUT2D eigenvalue weighted by atomic mass is 10.0. The van der Waals surface area contributed by atoms with Crippen LogP contribution in [0.2, 0.25) is 0 Å². The molecule has 2 unspecified atom stereocenters. The van der Waals surface area contributed by atoms with Crippen molar-refractivity contribution in [3.05, 3.63) is 47.3 Å². The highest BCUT2D eigenvalue weighted by Crippen LogP contribution is 2.33. The maximum atomic E-state index is 13.3. The SMILES string of the molecule is CC(C)(C)OC(O)N1CCC(n2cc(CNc3cccc4c3C(=O)N(C3CCC(=O)NC3=O)C4=O)cn2)CC1. The number of imide groups is 2. The Morgan fingerprint density at radius 2 is 1.87 bits per heavy atom. The molecule has 2 aromatic rings. The molecule has 2 atom stereocenters. The fourth-order valence-corrected chi connectivity index (χ4v) is 5.29. The van der Waals surface area contributed by atoms with E-state index in [-0.39, 0.29) is 30.0 Å². The second-order valence-corrected chi connectivity index (χ2v) is 11.2. The van der Waals surface area contributed by atoms with Crippen LogP contribution in [0.3, 0.4) is 0 Å². The molecule has 2 saturated heterocycles. The number of ether oxygens (including phenoxy) is 1. The molecule has 3 aliphatic rings. The zero-order valence-corrected chi connectivity index (χ0v) is 22.3. The average Bonchev–Trinajstić information content (AvgIpc) is 3.45. The third-order valence-corrected chi connectivity index (χ3v) is 7.25. The quantitative estimate of drug-likeness (QED) is 0.354. The molecule has 1 aromatic carbocycles. The van der Waals surface area contributed by atoms with E-state index in [1.165, 1.54) is 0 Å². The number of rotatable bonds is 7. The standard InChI is InChI=1S/C27H34N6O6/c1-27(2,3)39-26(38)31-11-9-17(10-12-31)32-15-16(14-29-32)13-28-19-6-4-5-18-22(19)25(37)33(24(18)36)20-7-8-21(34)30-23(20)35/h4-6,14-15,17,20,26,28,38H,7-13H2,1-3H3,(H,30,34,35). The lowest BCUT2D eigenvalue weighted by Gasteiger charge is -2.37. The molecule has 4 heterocycles. The van der Waals surface area contributed by atoms with Gasteiger partial charge < -0.3 is 15.2 Å². The summed E-state index contributed by atoms with van der Waals surface area (Å²) >= 11 is 0. The first-order valence-electron chi connectivity index (χ1n) is 13.2. The fraction of sp³-hybridized carbons (Fsp3) is 0.519. The van der Waals surface area contributed by atoms with Gasteiger partial charge in [-0.3, -0.25) is 39.0 Å². The average molecular weight is 539 g/mol. The number of aromatic nitrogens is 2. The molecule has 39 heavy (non-hydrogen) atoms. The van der Waals surface area contributed by atoms with Crippen molar-refractivity contribution in [2.24, 2.45) is 0 Å². The molecule has 0 saturated carbocycles. The van der Waals surface area contributed by atoms with E-state index in [4.69, 9.17) is 4.74 Å². The predicted octanol–water partition coefficient (Wildman–Crippen LogP) is 1.62. The van der Waals surface area contributed by atoms with E-state index in [9.17, 15) is 24.3 Å². The Morgan fingerprint density at radius 1 is 1.13 bits per heavy atom. The van der Waals surface area contributed by atoms with Gasteiger partial charge in [-0.05, 0) is 52.2 Å². The number of hydrogen-bond acceptors (Lipinski definition) is 9. The van der Waals surface area contributed by atoms with E-state index in [1.54, 1.807) is 24.4 Å². The molecule has 2 fully saturated rings. The summed E-state index contributed by atoms with van der Waals surface area (Å²) in [5, 5.41) is 20.3. The Balaban J connectivity index is 1.21. The summed E-state index contributed by atoms with van der Waals surface area (Å²) in [6, 6.07) is 4.17. The number of carbonyl (C=O) groups excluding carboxylic acids is 4. The Labute approximate surface area is 226 Å². The third-order valence-electron chi connectivity index (χ3n) is 7.25. The van der Waals surface area contributed by atoms with Crippen LogP contribution >= 0.6 is 0 Å². The van der Waals surface area contributed by atoms with E-state index in [0.717, 1.165) is 23.3 Å². The monoisotopic (exact) mass is 538 g/mol. The lowest BCUT2D eigenvalue weighted by molar-refractivity contribution is -0.243. The molecule has 0 aliphatic carbocycles. The number of nitrogens with zero attached hydrogens (tertiary/aromatic N) is 4. The van der Waals surface area contributed by atoms with Crippen LogP contribution in [0.1, 0.15) is 78.8 Å². The third kappa shape index (κ3) is 5.58. The van der Waals surface area contributed by atoms with E-state index in [1.807, 2.05) is 36.5 Å². The van der Waals surface area contributed by atoms with E-state index < -0.39 is 41.7 Å². The van der Waals surface area contributed by atoms with Gasteiger partial charge in [-0.25, -0.2) is 0 Å². The summed E-state index contributed by atoms with van der Waals surface area (Å²) < 4.78 is 7.59. The fourth-order valence-electron chi connectivity index (χ4n) is 5.29. The molecule has 4 amide bonds. The smallest absolute Gasteiger partial charge is 0.264 e. The Kier molecular flexibility index (Phi) is 7.27. The number of aliphatic hydroxyl groups excluding tert-OH is 1. The van der Waals surface area contributed by atoms with Crippen LogP contribution in [0.4, 0.5) is 5.69 Å². The summed E-state index contributed by atoms with van der Waals surface area (Å²) in [4.78, 5) is 53.1. The molecule has 5 rings (SSSR count). The topological polar surface area (TPSA) is 146 Å². The number of aliphatic hydroxyl groups is 1. The highest BCUT2D eigenvalue weighted by Gasteiger charge is 2.45. The first-order chi connectivity index (χ1) is 18.5. The highest BCUT2D eigenvalue weighted by molar-refractivity contribution is 6.25. The number of carbonyl (C=O) groups is 4. The normalized spacial score (nSPS) is 21.7. The first-order valence-corrected chi connectivity index (χ1v) is 13.2. The number of anilines is 1. The van der Waals surface area contributed by atoms with Crippen LogP contribution in [0.15, 0.2) is 30.6 Å². The van der Waals surface area contributed by atoms with E-state index >= 15 is 0 Å². The van der Waals surface area contributed by atoms with Crippen molar-refractivity contribution in [3.63, 3.8) is 0 Å². The summed E-state index contributed by atoms with van der Waals surface area (Å²) in [6.07, 6.45) is 4.61. The van der Waals surface area contributed by atoms with Gasteiger partial charge in [0.1, 0.15) is 6.04 Å². The molecule has 3 aliphatic heterocycles. The lowest BCUT2D eigenvalue weighted by Crippen LogP contribution is -2.54. The Hall–Kier alpha value is -3.61. The molecule has 12 heteroatoms. The number of fused-ring (bicyclic) bond motifs is 1. The summed E-state index contributed by atoms with van der Waals surface area (Å²) in [6.45, 7) is 7.49. The summed E-state index contributed by atoms with van der Waals surface area (Å²) in [5.74, 6) is -2.13. The molecular formula is C27H34N6O6. The Bertz CT molecular complexity index is 1290. The van der Waals surface area contributed by atoms with Crippen molar-refractivity contribution in [3.8, 4) is 0 Å². The van der Waals surface area contributed by atoms with Crippen molar-refractivity contribution < 1.29 is 29.0 Å². The van der Waals surface area contributed by atoms with Crippen molar-refractivity contribution in [2.45, 2.75) is 77.1 Å². The van der Waals surface area contributed by atoms with Crippen LogP contribution in [0, 0.1) is 0 Å². The summed E-state index contributed by atoms with van der Waals surface area (Å²) in [7, 11) is 0. The maximum Gasteiger partial charge on any atom is 0.264 e. The largest absolute Gasteiger partial charge is 0.380 e. The number of benzene rings is 1. The van der Waals surface area contributed by atoms with Crippen molar-refractivity contribution in [1.82, 2.24) is 24.9 Å². The summed E-state index contributed by atoms with van der Waals surface area (Å²) in [5.41, 5.74) is 1.43. The van der Waals surface area contributed by atoms with Crippen molar-refractivity contribution in [2.75, 3.05) is 18.4 Å². The second-order valence-electron chi connectivity index (χ2n) is 11.2. The van der Waals surface area contributed by atoms with Gasteiger partial charge in [-0.2, -0.15) is 5.10 Å². The molecule has 3 N–H and O–H groups in total. The van der Waals surface area contributed by atoms with Gasteiger partial charge in [0.2, 0.25) is 18.2 Å². The number of piperidine rings is 2. The van der Waals surface area contributed by atoms with Crippen LogP contribution < -0.4 is 10.6 Å². The highest BCUT2D eigenvalue weighted by atomic mass is 16.6. The van der Waals surface area contributed by atoms with Gasteiger partial charge in [-0.15, -0.1) is 0 Å². The second kappa shape index (κ2) is 10.5. The number of nitrogens with one attached hydrogen (secondary N) is 2. The number of likely N-dealkylation sites (tertiary alicyclic amines) is 1. The number of hydrogen-bond donors (Lipinski definition) is 3. The molecule has 0 radical (unpaired) electrons. The van der Waals surface area contributed by atoms with Crippen LogP contribution in [0.5, 0.6) is 0 Å². The molecular weight excluding hydrogens is 504 g/mol. The van der Waals surface area contributed by atoms with Crippen molar-refractivity contribution >= 4 is 29.3 Å². The molecule has 208 valence electrons. The minimum Gasteiger partial charge on any atom is -0.380 e. The minimum absolute atomic E-state index is 0.0726. The Morgan fingerprint density at radius 3 is 2.56 bits per heavy atom. The first kappa shape index (κ1) is 27.0. The van der Waals surface area contributed by atoms with Gasteiger partial charge in [0, 0.05) is 43.5 Å². The van der Waals surface area contributed by atoms with Crippen LogP contribution in [-0.4, -0.2) is 79.5 Å². The maximum absolute atomic E-state index is 13.3. The number of amides is 4.